The topological polar surface area (TPSA) is 0 Å². The Kier molecular flexibility index (Phi) is 3.88. The summed E-state index contributed by atoms with van der Waals surface area (Å²) in [6, 6.07) is 30.1. The van der Waals surface area contributed by atoms with Gasteiger partial charge in [0.05, 0.1) is 0 Å². The van der Waals surface area contributed by atoms with Gasteiger partial charge in [-0.05, 0) is 58.4 Å². The summed E-state index contributed by atoms with van der Waals surface area (Å²) in [5.41, 5.74) is 9.46. The summed E-state index contributed by atoms with van der Waals surface area (Å²) in [6.45, 7) is 2.24. The number of benzene rings is 3. The lowest BCUT2D eigenvalue weighted by atomic mass is 9.94. The predicted octanol–water partition coefficient (Wildman–Crippen LogP) is 6.15. The van der Waals surface area contributed by atoms with Gasteiger partial charge in [-0.15, -0.1) is 0 Å². The summed E-state index contributed by atoms with van der Waals surface area (Å²) in [7, 11) is 0. The molecule has 0 aliphatic heterocycles. The van der Waals surface area contributed by atoms with E-state index >= 15 is 0 Å². The molecule has 0 spiro atoms. The van der Waals surface area contributed by atoms with Gasteiger partial charge in [-0.2, -0.15) is 0 Å². The van der Waals surface area contributed by atoms with Crippen molar-refractivity contribution in [1.29, 1.82) is 0 Å². The first-order chi connectivity index (χ1) is 11.8. The third-order valence-electron chi connectivity index (χ3n) is 4.77. The zero-order valence-corrected chi connectivity index (χ0v) is 13.9. The number of rotatable bonds is 3. The highest BCUT2D eigenvalue weighted by Crippen LogP contribution is 2.35. The van der Waals surface area contributed by atoms with Crippen LogP contribution in [0.4, 0.5) is 0 Å². The van der Waals surface area contributed by atoms with Crippen LogP contribution in [-0.4, -0.2) is 0 Å². The average Bonchev–Trinajstić information content (AvgIpc) is 2.97. The van der Waals surface area contributed by atoms with Gasteiger partial charge in [-0.3, -0.25) is 0 Å². The first kappa shape index (κ1) is 14.7. The van der Waals surface area contributed by atoms with Gasteiger partial charge in [0.15, 0.2) is 0 Å². The Labute approximate surface area is 143 Å². The zero-order valence-electron chi connectivity index (χ0n) is 13.9. The van der Waals surface area contributed by atoms with Crippen molar-refractivity contribution in [3.05, 3.63) is 119 Å². The Morgan fingerprint density at radius 2 is 1.25 bits per heavy atom. The quantitative estimate of drug-likeness (QED) is 0.544. The fourth-order valence-corrected chi connectivity index (χ4v) is 3.45. The third-order valence-corrected chi connectivity index (χ3v) is 4.77. The van der Waals surface area contributed by atoms with Crippen LogP contribution in [0.5, 0.6) is 0 Å². The smallest absolute Gasteiger partial charge is 0.00167 e. The molecule has 3 aromatic rings. The van der Waals surface area contributed by atoms with E-state index in [-0.39, 0.29) is 0 Å². The number of allylic oxidation sites excluding steroid dienone is 3. The van der Waals surface area contributed by atoms with E-state index in [1.807, 2.05) is 0 Å². The van der Waals surface area contributed by atoms with Crippen molar-refractivity contribution in [2.45, 2.75) is 13.3 Å². The second kappa shape index (κ2) is 6.33. The van der Waals surface area contributed by atoms with Gasteiger partial charge >= 0.3 is 0 Å². The van der Waals surface area contributed by atoms with Gasteiger partial charge in [-0.25, -0.2) is 0 Å². The van der Waals surface area contributed by atoms with E-state index in [4.69, 9.17) is 0 Å². The zero-order chi connectivity index (χ0) is 16.4. The molecule has 24 heavy (non-hydrogen) atoms. The molecule has 0 heteroatoms. The maximum absolute atomic E-state index is 2.38. The van der Waals surface area contributed by atoms with E-state index in [0.717, 1.165) is 6.42 Å². The molecule has 0 N–H and O–H groups in total. The van der Waals surface area contributed by atoms with Crippen molar-refractivity contribution in [3.63, 3.8) is 0 Å². The van der Waals surface area contributed by atoms with Crippen LogP contribution in [0.3, 0.4) is 0 Å². The Morgan fingerprint density at radius 1 is 0.708 bits per heavy atom. The maximum Gasteiger partial charge on any atom is -0.00167 e. The van der Waals surface area contributed by atoms with Crippen LogP contribution in [0.1, 0.15) is 29.2 Å². The lowest BCUT2D eigenvalue weighted by Gasteiger charge is -2.10. The van der Waals surface area contributed by atoms with Crippen molar-refractivity contribution in [1.82, 2.24) is 0 Å². The van der Waals surface area contributed by atoms with Gasteiger partial charge in [0.25, 0.3) is 0 Å². The second-order valence-corrected chi connectivity index (χ2v) is 6.27. The average molecular weight is 308 g/mol. The fourth-order valence-electron chi connectivity index (χ4n) is 3.45. The van der Waals surface area contributed by atoms with E-state index in [2.05, 4.69) is 97.9 Å². The highest BCUT2D eigenvalue weighted by atomic mass is 14.2. The Bertz CT molecular complexity index is 871. The summed E-state index contributed by atoms with van der Waals surface area (Å²) < 4.78 is 0. The number of hydrogen-bond donors (Lipinski definition) is 0. The molecule has 0 saturated heterocycles. The van der Waals surface area contributed by atoms with Gasteiger partial charge < -0.3 is 0 Å². The molecule has 1 aliphatic rings. The molecule has 1 aliphatic carbocycles. The largest absolute Gasteiger partial charge is 0.0622 e. The van der Waals surface area contributed by atoms with Gasteiger partial charge in [0.2, 0.25) is 0 Å². The lowest BCUT2D eigenvalue weighted by molar-refractivity contribution is 1.24. The molecule has 0 fully saturated rings. The summed E-state index contributed by atoms with van der Waals surface area (Å²) in [4.78, 5) is 0. The Morgan fingerprint density at radius 3 is 1.83 bits per heavy atom. The van der Waals surface area contributed by atoms with Gasteiger partial charge in [0.1, 0.15) is 0 Å². The summed E-state index contributed by atoms with van der Waals surface area (Å²) in [6.07, 6.45) is 3.39. The third kappa shape index (κ3) is 2.72. The van der Waals surface area contributed by atoms with Crippen LogP contribution >= 0.6 is 0 Å². The number of hydrogen-bond acceptors (Lipinski definition) is 0. The van der Waals surface area contributed by atoms with Crippen molar-refractivity contribution < 1.29 is 0 Å². The molecule has 0 radical (unpaired) electrons. The minimum absolute atomic E-state index is 1.02. The Hall–Kier alpha value is -2.86. The van der Waals surface area contributed by atoms with E-state index in [1.54, 1.807) is 0 Å². The molecule has 0 unspecified atom stereocenters. The molecule has 0 heterocycles. The van der Waals surface area contributed by atoms with E-state index < -0.39 is 0 Å². The molecule has 4 rings (SSSR count). The first-order valence-corrected chi connectivity index (χ1v) is 8.43. The molecular weight excluding hydrogens is 288 g/mol. The van der Waals surface area contributed by atoms with E-state index in [1.165, 1.54) is 39.0 Å². The molecule has 0 amide bonds. The van der Waals surface area contributed by atoms with Crippen LogP contribution in [0.15, 0.2) is 96.6 Å². The highest BCUT2D eigenvalue weighted by Gasteiger charge is 2.17. The van der Waals surface area contributed by atoms with Crippen LogP contribution in [0.25, 0.3) is 11.1 Å². The minimum atomic E-state index is 1.02. The first-order valence-electron chi connectivity index (χ1n) is 8.43. The van der Waals surface area contributed by atoms with Crippen LogP contribution in [0, 0.1) is 0 Å². The summed E-state index contributed by atoms with van der Waals surface area (Å²) >= 11 is 0. The normalized spacial score (nSPS) is 12.9. The molecule has 0 bridgehead atoms. The van der Waals surface area contributed by atoms with Crippen LogP contribution < -0.4 is 0 Å². The van der Waals surface area contributed by atoms with Crippen molar-refractivity contribution in [3.8, 4) is 0 Å². The summed E-state index contributed by atoms with van der Waals surface area (Å²) in [5, 5.41) is 0. The van der Waals surface area contributed by atoms with Crippen molar-refractivity contribution in [2.75, 3.05) is 0 Å². The Balaban J connectivity index is 1.84. The molecule has 3 aromatic carbocycles. The van der Waals surface area contributed by atoms with E-state index in [9.17, 15) is 0 Å². The van der Waals surface area contributed by atoms with Crippen LogP contribution in [-0.2, 0) is 6.42 Å². The molecule has 116 valence electrons. The standard InChI is InChI=1S/C24H20/c1-18-22(16-21-14-8-9-15-23(18)21)17-24(19-10-4-2-5-11-19)20-12-6-3-7-13-20/h2-15,17H,16H2,1H3. The molecule has 0 aromatic heterocycles. The predicted molar refractivity (Wildman–Crippen MR) is 103 cm³/mol. The van der Waals surface area contributed by atoms with Crippen LogP contribution in [0.2, 0.25) is 0 Å². The summed E-state index contributed by atoms with van der Waals surface area (Å²) in [5.74, 6) is 0. The van der Waals surface area contributed by atoms with Crippen molar-refractivity contribution >= 4 is 11.1 Å². The molecule has 0 nitrogen and oxygen atoms in total. The molecular formula is C24H20. The monoisotopic (exact) mass is 308 g/mol. The van der Waals surface area contributed by atoms with Gasteiger partial charge in [0, 0.05) is 0 Å². The fraction of sp³-hybridized carbons (Fsp3) is 0.0833. The number of fused-ring (bicyclic) bond motifs is 1. The van der Waals surface area contributed by atoms with Gasteiger partial charge in [-0.1, -0.05) is 84.9 Å². The van der Waals surface area contributed by atoms with Crippen molar-refractivity contribution in [2.24, 2.45) is 0 Å². The minimum Gasteiger partial charge on any atom is -0.0622 e. The molecule has 0 saturated carbocycles. The SMILES string of the molecule is CC1=C(C=C(c2ccccc2)c2ccccc2)Cc2ccccc21. The highest BCUT2D eigenvalue weighted by molar-refractivity contribution is 5.86. The molecule has 0 atom stereocenters. The second-order valence-electron chi connectivity index (χ2n) is 6.27. The lowest BCUT2D eigenvalue weighted by Crippen LogP contribution is -1.90. The van der Waals surface area contributed by atoms with E-state index in [0.29, 0.717) is 0 Å². The maximum atomic E-state index is 2.38.